The van der Waals surface area contributed by atoms with E-state index in [1.807, 2.05) is 0 Å². The van der Waals surface area contributed by atoms with Gasteiger partial charge in [0.1, 0.15) is 5.69 Å². The molecule has 1 aliphatic heterocycles. The van der Waals surface area contributed by atoms with Crippen molar-refractivity contribution in [3.8, 4) is 0 Å². The molecule has 19 heavy (non-hydrogen) atoms. The zero-order chi connectivity index (χ0) is 13.9. The minimum atomic E-state index is -0.407. The number of nitrogens with zero attached hydrogens (tertiary/aromatic N) is 1. The maximum absolute atomic E-state index is 11.0. The van der Waals surface area contributed by atoms with Crippen molar-refractivity contribution in [3.63, 3.8) is 0 Å². The number of hydrogen-bond acceptors (Lipinski definition) is 4. The molecule has 1 aliphatic rings. The van der Waals surface area contributed by atoms with Crippen LogP contribution in [0.15, 0.2) is 18.2 Å². The molecule has 1 heterocycles. The number of nitro benzene ring substituents is 1. The minimum absolute atomic E-state index is 0.0277. The number of nitrogens with one attached hydrogen (secondary N) is 2. The largest absolute Gasteiger partial charge is 0.379 e. The van der Waals surface area contributed by atoms with Crippen LogP contribution in [-0.4, -0.2) is 24.6 Å². The van der Waals surface area contributed by atoms with Crippen LogP contribution in [0.2, 0.25) is 5.02 Å². The van der Waals surface area contributed by atoms with Gasteiger partial charge in [0.15, 0.2) is 0 Å². The molecule has 2 N–H and O–H groups in total. The zero-order valence-corrected chi connectivity index (χ0v) is 11.7. The van der Waals surface area contributed by atoms with Crippen LogP contribution in [0.4, 0.5) is 11.4 Å². The van der Waals surface area contributed by atoms with Gasteiger partial charge >= 0.3 is 0 Å². The Morgan fingerprint density at radius 3 is 3.00 bits per heavy atom. The van der Waals surface area contributed by atoms with Crippen molar-refractivity contribution < 1.29 is 4.92 Å². The Balaban J connectivity index is 2.08. The number of nitro groups is 1. The third-order valence-corrected chi connectivity index (χ3v) is 3.78. The van der Waals surface area contributed by atoms with Crippen molar-refractivity contribution in [2.75, 3.05) is 25.0 Å². The molecular formula is C13H18ClN3O2. The number of halogens is 1. The molecule has 0 aromatic heterocycles. The summed E-state index contributed by atoms with van der Waals surface area (Å²) >= 11 is 5.79. The van der Waals surface area contributed by atoms with Gasteiger partial charge in [-0.2, -0.15) is 0 Å². The molecule has 6 heteroatoms. The van der Waals surface area contributed by atoms with Crippen molar-refractivity contribution in [2.45, 2.75) is 19.8 Å². The third kappa shape index (κ3) is 3.58. The lowest BCUT2D eigenvalue weighted by atomic mass is 9.83. The fourth-order valence-corrected chi connectivity index (χ4v) is 2.55. The first kappa shape index (κ1) is 14.1. The first-order valence-corrected chi connectivity index (χ1v) is 6.77. The number of anilines is 1. The summed E-state index contributed by atoms with van der Waals surface area (Å²) in [5, 5.41) is 17.9. The Labute approximate surface area is 117 Å². The molecule has 1 atom stereocenters. The van der Waals surface area contributed by atoms with Gasteiger partial charge in [-0.15, -0.1) is 0 Å². The number of benzene rings is 1. The van der Waals surface area contributed by atoms with Crippen LogP contribution < -0.4 is 10.6 Å². The van der Waals surface area contributed by atoms with Crippen molar-refractivity contribution in [2.24, 2.45) is 5.41 Å². The molecule has 0 bridgehead atoms. The summed E-state index contributed by atoms with van der Waals surface area (Å²) in [4.78, 5) is 10.6. The number of piperidine rings is 1. The fourth-order valence-electron chi connectivity index (χ4n) is 2.38. The van der Waals surface area contributed by atoms with Crippen molar-refractivity contribution >= 4 is 23.0 Å². The van der Waals surface area contributed by atoms with Crippen LogP contribution in [0.1, 0.15) is 19.8 Å². The minimum Gasteiger partial charge on any atom is -0.379 e. The molecular weight excluding hydrogens is 266 g/mol. The Kier molecular flexibility index (Phi) is 4.27. The Bertz CT molecular complexity index is 473. The van der Waals surface area contributed by atoms with Crippen LogP contribution in [0.3, 0.4) is 0 Å². The average molecular weight is 284 g/mol. The Hall–Kier alpha value is -1.33. The van der Waals surface area contributed by atoms with Gasteiger partial charge in [-0.3, -0.25) is 10.1 Å². The molecule has 2 rings (SSSR count). The Morgan fingerprint density at radius 2 is 2.37 bits per heavy atom. The summed E-state index contributed by atoms with van der Waals surface area (Å²) < 4.78 is 0. The van der Waals surface area contributed by atoms with Crippen LogP contribution in [0, 0.1) is 15.5 Å². The maximum atomic E-state index is 11.0. The predicted molar refractivity (Wildman–Crippen MR) is 76.8 cm³/mol. The molecule has 0 saturated carbocycles. The molecule has 1 unspecified atom stereocenters. The van der Waals surface area contributed by atoms with Crippen LogP contribution in [-0.2, 0) is 0 Å². The molecule has 1 fully saturated rings. The Morgan fingerprint density at radius 1 is 1.58 bits per heavy atom. The summed E-state index contributed by atoms with van der Waals surface area (Å²) in [6, 6.07) is 4.71. The third-order valence-electron chi connectivity index (χ3n) is 3.55. The molecule has 0 aliphatic carbocycles. The van der Waals surface area contributed by atoms with E-state index in [-0.39, 0.29) is 11.1 Å². The van der Waals surface area contributed by atoms with E-state index in [1.54, 1.807) is 12.1 Å². The van der Waals surface area contributed by atoms with E-state index >= 15 is 0 Å². The summed E-state index contributed by atoms with van der Waals surface area (Å²) in [5.41, 5.74) is 0.687. The van der Waals surface area contributed by atoms with E-state index in [0.717, 1.165) is 25.9 Å². The number of rotatable bonds is 4. The van der Waals surface area contributed by atoms with Gasteiger partial charge in [-0.25, -0.2) is 0 Å². The SMILES string of the molecule is CC1(CNc2ccc(Cl)cc2[N+](=O)[O-])CCCNC1. The highest BCUT2D eigenvalue weighted by atomic mass is 35.5. The molecule has 5 nitrogen and oxygen atoms in total. The van der Waals surface area contributed by atoms with Gasteiger partial charge in [-0.05, 0) is 36.9 Å². The quantitative estimate of drug-likeness (QED) is 0.658. The summed E-state index contributed by atoms with van der Waals surface area (Å²) in [6.45, 7) is 4.88. The second-order valence-electron chi connectivity index (χ2n) is 5.36. The zero-order valence-electron chi connectivity index (χ0n) is 10.9. The van der Waals surface area contributed by atoms with E-state index in [9.17, 15) is 10.1 Å². The summed E-state index contributed by atoms with van der Waals surface area (Å²) in [5.74, 6) is 0. The first-order valence-electron chi connectivity index (χ1n) is 6.39. The molecule has 1 aromatic carbocycles. The molecule has 1 aromatic rings. The second-order valence-corrected chi connectivity index (χ2v) is 5.80. The van der Waals surface area contributed by atoms with Gasteiger partial charge in [0.2, 0.25) is 0 Å². The van der Waals surface area contributed by atoms with Crippen molar-refractivity contribution in [1.82, 2.24) is 5.32 Å². The lowest BCUT2D eigenvalue weighted by Crippen LogP contribution is -2.42. The highest BCUT2D eigenvalue weighted by molar-refractivity contribution is 6.30. The van der Waals surface area contributed by atoms with E-state index in [2.05, 4.69) is 17.6 Å². The van der Waals surface area contributed by atoms with Gasteiger partial charge in [-0.1, -0.05) is 18.5 Å². The van der Waals surface area contributed by atoms with Gasteiger partial charge in [0, 0.05) is 24.2 Å². The maximum Gasteiger partial charge on any atom is 0.293 e. The number of hydrogen-bond donors (Lipinski definition) is 2. The lowest BCUT2D eigenvalue weighted by Gasteiger charge is -2.34. The highest BCUT2D eigenvalue weighted by Gasteiger charge is 2.27. The van der Waals surface area contributed by atoms with Crippen LogP contribution in [0.25, 0.3) is 0 Å². The molecule has 104 valence electrons. The van der Waals surface area contributed by atoms with Crippen LogP contribution in [0.5, 0.6) is 0 Å². The first-order chi connectivity index (χ1) is 9.00. The standard InChI is InChI=1S/C13H18ClN3O2/c1-13(5-2-6-15-8-13)9-16-11-4-3-10(14)7-12(11)17(18)19/h3-4,7,15-16H,2,5-6,8-9H2,1H3. The fraction of sp³-hybridized carbons (Fsp3) is 0.538. The predicted octanol–water partition coefficient (Wildman–Crippen LogP) is 3.05. The van der Waals surface area contributed by atoms with E-state index in [1.165, 1.54) is 6.07 Å². The highest BCUT2D eigenvalue weighted by Crippen LogP contribution is 2.31. The molecule has 1 saturated heterocycles. The van der Waals surface area contributed by atoms with E-state index in [0.29, 0.717) is 17.3 Å². The van der Waals surface area contributed by atoms with Gasteiger partial charge in [0.25, 0.3) is 5.69 Å². The molecule has 0 amide bonds. The van der Waals surface area contributed by atoms with Crippen molar-refractivity contribution in [1.29, 1.82) is 0 Å². The summed E-state index contributed by atoms with van der Waals surface area (Å²) in [7, 11) is 0. The topological polar surface area (TPSA) is 67.2 Å². The second kappa shape index (κ2) is 5.75. The average Bonchev–Trinajstić information content (AvgIpc) is 2.38. The smallest absolute Gasteiger partial charge is 0.293 e. The normalized spacial score (nSPS) is 23.1. The lowest BCUT2D eigenvalue weighted by molar-refractivity contribution is -0.383. The monoisotopic (exact) mass is 283 g/mol. The van der Waals surface area contributed by atoms with Gasteiger partial charge < -0.3 is 10.6 Å². The van der Waals surface area contributed by atoms with E-state index in [4.69, 9.17) is 11.6 Å². The molecule has 0 spiro atoms. The van der Waals surface area contributed by atoms with Gasteiger partial charge in [0.05, 0.1) is 4.92 Å². The van der Waals surface area contributed by atoms with Crippen LogP contribution >= 0.6 is 11.6 Å². The summed E-state index contributed by atoms with van der Waals surface area (Å²) in [6.07, 6.45) is 2.26. The molecule has 0 radical (unpaired) electrons. The van der Waals surface area contributed by atoms with Crippen molar-refractivity contribution in [3.05, 3.63) is 33.3 Å². The van der Waals surface area contributed by atoms with E-state index < -0.39 is 4.92 Å².